The number of rotatable bonds is 37. The quantitative estimate of drug-likeness (QED) is 0.0275. The largest absolute Gasteiger partial charge is 0.477 e. The average Bonchev–Trinajstić information content (AvgIpc) is 0.750. The molecule has 10 heterocycles. The first-order chi connectivity index (χ1) is 63.7. The molecule has 0 spiro atoms. The molecular weight excluding hydrogens is 1850 g/mol. The zero-order valence-electron chi connectivity index (χ0n) is 72.8. The molecule has 10 fully saturated rings. The molecule has 0 aromatic rings. The lowest BCUT2D eigenvalue weighted by atomic mass is 9.88. The van der Waals surface area contributed by atoms with Crippen LogP contribution in [-0.2, 0) is 124 Å². The molecule has 10 saturated heterocycles. The van der Waals surface area contributed by atoms with Crippen molar-refractivity contribution in [3.63, 3.8) is 0 Å². The second kappa shape index (κ2) is 48.5. The summed E-state index contributed by atoms with van der Waals surface area (Å²) in [5.41, 5.74) is 0. The fourth-order valence-electron chi connectivity index (χ4n) is 17.3. The molecule has 1 unspecified atom stereocenters. The van der Waals surface area contributed by atoms with E-state index in [4.69, 9.17) is 90.0 Å². The Kier molecular flexibility index (Phi) is 40.0. The lowest BCUT2D eigenvalue weighted by molar-refractivity contribution is -0.401. The smallest absolute Gasteiger partial charge is 0.364 e. The molecule has 135 heavy (non-hydrogen) atoms. The first-order valence-electron chi connectivity index (χ1n) is 42.7. The summed E-state index contributed by atoms with van der Waals surface area (Å²) in [7, 11) is 0. The van der Waals surface area contributed by atoms with E-state index >= 15 is 0 Å². The molecule has 0 aliphatic carbocycles. The number of carbonyl (C=O) groups excluding carboxylic acids is 6. The number of carboxylic acids is 1. The molecule has 10 aliphatic heterocycles. The average molecular weight is 1970 g/mol. The fraction of sp³-hybridized carbons (Fsp3) is 0.907. The van der Waals surface area contributed by atoms with Gasteiger partial charge in [-0.25, -0.2) is 4.79 Å². The van der Waals surface area contributed by atoms with Crippen LogP contribution < -0.4 is 31.9 Å². The lowest BCUT2D eigenvalue weighted by Gasteiger charge is -2.51. The molecule has 10 aliphatic rings. The molecule has 6 amide bonds. The predicted molar refractivity (Wildman–Crippen MR) is 416 cm³/mol. The van der Waals surface area contributed by atoms with Gasteiger partial charge in [0.15, 0.2) is 56.6 Å². The number of aliphatic carboxylic acids is 1. The number of carboxylic acid groups (broad SMARTS) is 1. The van der Waals surface area contributed by atoms with Gasteiger partial charge in [0.2, 0.25) is 35.4 Å². The Hall–Kier alpha value is -5.55. The minimum absolute atomic E-state index is 0.823. The van der Waals surface area contributed by atoms with Crippen molar-refractivity contribution >= 4 is 41.4 Å². The van der Waals surface area contributed by atoms with Crippen LogP contribution in [-0.4, -0.2) is 563 Å². The highest BCUT2D eigenvalue weighted by Crippen LogP contribution is 2.43. The van der Waals surface area contributed by atoms with Crippen LogP contribution >= 0.6 is 0 Å². The Labute approximate surface area is 764 Å². The molecule has 0 radical (unpaired) electrons. The fourth-order valence-corrected chi connectivity index (χ4v) is 17.3. The first kappa shape index (κ1) is 111. The summed E-state index contributed by atoms with van der Waals surface area (Å²) < 4.78 is 114. The second-order valence-electron chi connectivity index (χ2n) is 33.9. The third-order valence-electron chi connectivity index (χ3n) is 24.2. The Bertz CT molecular complexity index is 3820. The molecular formula is C75H124N6O54. The van der Waals surface area contributed by atoms with Crippen LogP contribution in [0.15, 0.2) is 0 Å². The van der Waals surface area contributed by atoms with Gasteiger partial charge in [-0.05, 0) is 0 Å². The van der Waals surface area contributed by atoms with Crippen molar-refractivity contribution in [3.05, 3.63) is 0 Å². The molecule has 0 saturated carbocycles. The maximum atomic E-state index is 13.3. The van der Waals surface area contributed by atoms with Gasteiger partial charge in [-0.1, -0.05) is 0 Å². The Morgan fingerprint density at radius 1 is 0.304 bits per heavy atom. The number of carbonyl (C=O) groups is 7. The molecule has 10 rings (SSSR count). The van der Waals surface area contributed by atoms with Gasteiger partial charge in [0.25, 0.3) is 5.79 Å². The van der Waals surface area contributed by atoms with Gasteiger partial charge in [-0.2, -0.15) is 0 Å². The number of hydrogen-bond acceptors (Lipinski definition) is 53. The van der Waals surface area contributed by atoms with Crippen LogP contribution in [0, 0.1) is 0 Å². The Morgan fingerprint density at radius 2 is 0.600 bits per heavy atom. The Balaban J connectivity index is 1.00. The highest BCUT2D eigenvalue weighted by Gasteiger charge is 2.64. The summed E-state index contributed by atoms with van der Waals surface area (Å²) in [6.45, 7) is -6.17. The number of aliphatic hydroxyl groups is 27. The van der Waals surface area contributed by atoms with Crippen LogP contribution in [0.1, 0.15) is 48.0 Å². The summed E-state index contributed by atoms with van der Waals surface area (Å²) in [4.78, 5) is 89.5. The van der Waals surface area contributed by atoms with Crippen molar-refractivity contribution in [3.8, 4) is 0 Å². The summed E-state index contributed by atoms with van der Waals surface area (Å²) in [5, 5.41) is 331. The van der Waals surface area contributed by atoms with Crippen molar-refractivity contribution in [2.24, 2.45) is 0 Å². The van der Waals surface area contributed by atoms with Crippen molar-refractivity contribution < 1.29 is 267 Å². The minimum Gasteiger partial charge on any atom is -0.477 e. The van der Waals surface area contributed by atoms with E-state index in [1.807, 2.05) is 0 Å². The van der Waals surface area contributed by atoms with Gasteiger partial charge in [0.05, 0.1) is 78.2 Å². The molecule has 34 N–H and O–H groups in total. The third-order valence-corrected chi connectivity index (χ3v) is 24.2. The standard InChI is InChI=1S/C75H124N6O54/c1-18(90)76-35-24(96)7-75(74(115)116,134-60(35)41(98)25(97)8-82)135-62-46(103)29(12-86)122-71(56(62)113)130-59-32(15-89)125-69(40(52(59)109)81-23(6)95)133-64-53(110)44(101)28(11-85)123-73(64)131-61-47(104)34(126-70(55(61)112)129-58-31(14-88)124-68(39(51(58)108)80-22(5)94)128-57-30(13-87)119-65(114)36(50(57)107)77-19(2)91)17-118-72-63(132-67-38(79-21(4)93)49(106)43(100)27(10-84)121-67)54(111)45(102)33(127-72)16-117-66-37(78-20(3)92)48(105)42(99)26(9-83)120-66/h24-73,82-89,96-114H,7-17H2,1-6H3,(H,76,90)(H,77,91)(H,78,92)(H,79,93)(H,80,94)(H,81,95)(H,115,116)/t24-,25+,26+,27+,28+,29+,30+,31+,32+,33+,34+,35+,36+,37+,38+,39+,40+,41+,42+,43+,44+,45+,46-,47+,48+,49+,50+,51+,52+,53-,54-,55-,56+,57+,58+,59+,60+,61-,62-,63-,64-,65?,66+,67-,68-,69-,70-,71-,72-,73+,75-/m0/s1. The van der Waals surface area contributed by atoms with E-state index in [1.165, 1.54) is 0 Å². The SMILES string of the molecule is CC(=O)N[C@H]1[C@H](O[C@H]2[C@H](O)[C@@H](NC(C)=O)C(O)O[C@@H]2CO)O[C@H](CO)[C@@H](O[C@@H]2O[C@H](CO[C@H]3O[C@H](CO[C@@H]4O[C@H](CO)[C@@H](O)[C@H](O)[C@H]4NC(C)=O)[C@@H](O)[C@H](O)[C@@H]3O[C@@H]3O[C@H](CO)[C@@H](O)[C@H](O)[C@H]3NC(C)=O)[C@@H](O)[C@H](O[C@H]3O[C@H](CO)[C@@H](O)[C@H](O)[C@@H]3O[C@@H]3O[C@H](CO)[C@@H](O[C@@H]4O[C@H](CO)[C@H](O)[C@H](O[C@]5(C(=O)O)C[C@H](O)[C@@H](NC(C)=O)[C@H]([C@H](O)[C@H](O)CO)O5)[C@H]4O)[C@H](O)[C@H]3NC(C)=O)[C@@H]2O)[C@@H]1O. The first-order valence-corrected chi connectivity index (χ1v) is 42.7. The highest BCUT2D eigenvalue weighted by atomic mass is 16.8. The normalized spacial score (nSPS) is 46.4. The third kappa shape index (κ3) is 25.2. The molecule has 60 heteroatoms. The number of ether oxygens (including phenoxy) is 19. The molecule has 0 aromatic carbocycles. The van der Waals surface area contributed by atoms with Crippen LogP contribution in [0.2, 0.25) is 0 Å². The molecule has 778 valence electrons. The summed E-state index contributed by atoms with van der Waals surface area (Å²) in [6, 6.07) is -11.2. The molecule has 0 aromatic heterocycles. The molecule has 0 bridgehead atoms. The number of amides is 6. The lowest BCUT2D eigenvalue weighted by Crippen LogP contribution is -2.71. The van der Waals surface area contributed by atoms with E-state index in [2.05, 4.69) is 31.9 Å². The van der Waals surface area contributed by atoms with Crippen LogP contribution in [0.3, 0.4) is 0 Å². The topological polar surface area (TPSA) is 933 Å². The van der Waals surface area contributed by atoms with Crippen LogP contribution in [0.5, 0.6) is 0 Å². The van der Waals surface area contributed by atoms with E-state index in [-0.39, 0.29) is 0 Å². The van der Waals surface area contributed by atoms with Crippen molar-refractivity contribution in [1.82, 2.24) is 31.9 Å². The summed E-state index contributed by atoms with van der Waals surface area (Å²) in [6.07, 6.45) is -98.8. The van der Waals surface area contributed by atoms with Gasteiger partial charge < -0.3 is 265 Å². The van der Waals surface area contributed by atoms with E-state index < -0.39 is 426 Å². The number of nitrogens with one attached hydrogen (secondary N) is 6. The molecule has 60 nitrogen and oxygen atoms in total. The van der Waals surface area contributed by atoms with Crippen LogP contribution in [0.4, 0.5) is 0 Å². The van der Waals surface area contributed by atoms with Gasteiger partial charge in [-0.3, -0.25) is 28.8 Å². The van der Waals surface area contributed by atoms with Crippen molar-refractivity contribution in [2.45, 2.75) is 360 Å². The van der Waals surface area contributed by atoms with Gasteiger partial charge in [0.1, 0.15) is 238 Å². The zero-order chi connectivity index (χ0) is 99.9. The Morgan fingerprint density at radius 3 is 1.04 bits per heavy atom. The predicted octanol–water partition coefficient (Wildman–Crippen LogP) is -22.7. The maximum absolute atomic E-state index is 13.3. The van der Waals surface area contributed by atoms with E-state index in [0.29, 0.717) is 0 Å². The summed E-state index contributed by atoms with van der Waals surface area (Å²) in [5.74, 6) is -11.1. The summed E-state index contributed by atoms with van der Waals surface area (Å²) >= 11 is 0. The van der Waals surface area contributed by atoms with Gasteiger partial charge >= 0.3 is 5.97 Å². The second-order valence-corrected chi connectivity index (χ2v) is 33.9. The number of aliphatic hydroxyl groups excluding tert-OH is 27. The van der Waals surface area contributed by atoms with E-state index in [1.54, 1.807) is 0 Å². The van der Waals surface area contributed by atoms with Crippen LogP contribution in [0.25, 0.3) is 0 Å². The van der Waals surface area contributed by atoms with Gasteiger partial charge in [-0.15, -0.1) is 0 Å². The monoisotopic (exact) mass is 1970 g/mol. The van der Waals surface area contributed by atoms with Crippen molar-refractivity contribution in [2.75, 3.05) is 66.1 Å². The minimum atomic E-state index is -3.34. The van der Waals surface area contributed by atoms with Gasteiger partial charge in [0, 0.05) is 48.0 Å². The number of hydrogen-bond donors (Lipinski definition) is 34. The zero-order valence-corrected chi connectivity index (χ0v) is 72.8. The van der Waals surface area contributed by atoms with E-state index in [0.717, 1.165) is 41.5 Å². The molecule has 51 atom stereocenters. The maximum Gasteiger partial charge on any atom is 0.364 e. The van der Waals surface area contributed by atoms with Crippen molar-refractivity contribution in [1.29, 1.82) is 0 Å². The van der Waals surface area contributed by atoms with E-state index in [9.17, 15) is 177 Å². The highest BCUT2D eigenvalue weighted by molar-refractivity contribution is 5.77.